The van der Waals surface area contributed by atoms with Crippen molar-refractivity contribution < 1.29 is 9.59 Å². The second-order valence-electron chi connectivity index (χ2n) is 4.75. The zero-order valence-corrected chi connectivity index (χ0v) is 11.3. The van der Waals surface area contributed by atoms with Crippen LogP contribution in [-0.4, -0.2) is 24.9 Å². The highest BCUT2D eigenvalue weighted by atomic mass is 16.2. The molecule has 0 aromatic heterocycles. The molecule has 1 unspecified atom stereocenters. The molecule has 0 bridgehead atoms. The van der Waals surface area contributed by atoms with Crippen molar-refractivity contribution in [2.45, 2.75) is 6.42 Å². The second kappa shape index (κ2) is 6.19. The average Bonchev–Trinajstić information content (AvgIpc) is 2.86. The van der Waals surface area contributed by atoms with Crippen LogP contribution in [0.3, 0.4) is 0 Å². The van der Waals surface area contributed by atoms with Crippen LogP contribution >= 0.6 is 0 Å². The Hall–Kier alpha value is -2.36. The van der Waals surface area contributed by atoms with Crippen LogP contribution in [0, 0.1) is 5.92 Å². The molecule has 0 radical (unpaired) electrons. The first kappa shape index (κ1) is 14.1. The van der Waals surface area contributed by atoms with Gasteiger partial charge in [-0.05, 0) is 24.3 Å². The van der Waals surface area contributed by atoms with E-state index < -0.39 is 0 Å². The van der Waals surface area contributed by atoms with E-state index in [-0.39, 0.29) is 17.7 Å². The van der Waals surface area contributed by atoms with Crippen molar-refractivity contribution in [1.29, 1.82) is 0 Å². The number of carbonyl (C=O) groups excluding carboxylic acids is 2. The summed E-state index contributed by atoms with van der Waals surface area (Å²) < 4.78 is 0. The average molecular weight is 270 g/mol. The predicted molar refractivity (Wildman–Crippen MR) is 79.6 cm³/mol. The van der Waals surface area contributed by atoms with Crippen molar-refractivity contribution in [3.63, 3.8) is 0 Å². The topological polar surface area (TPSA) is 49.4 Å². The van der Waals surface area contributed by atoms with E-state index in [2.05, 4.69) is 18.5 Å². The Morgan fingerprint density at radius 2 is 2.05 bits per heavy atom. The summed E-state index contributed by atoms with van der Waals surface area (Å²) in [5.41, 5.74) is 1.39. The fourth-order valence-electron chi connectivity index (χ4n) is 2.20. The summed E-state index contributed by atoms with van der Waals surface area (Å²) in [5, 5.41) is 2.71. The third-order valence-corrected chi connectivity index (χ3v) is 3.34. The van der Waals surface area contributed by atoms with Gasteiger partial charge in [0.1, 0.15) is 0 Å². The fourth-order valence-corrected chi connectivity index (χ4v) is 2.20. The Morgan fingerprint density at radius 1 is 1.35 bits per heavy atom. The molecule has 1 saturated heterocycles. The van der Waals surface area contributed by atoms with Crippen molar-refractivity contribution in [2.75, 3.05) is 18.0 Å². The minimum Gasteiger partial charge on any atom is -0.349 e. The molecule has 1 fully saturated rings. The minimum atomic E-state index is -0.145. The van der Waals surface area contributed by atoms with Gasteiger partial charge in [0.05, 0.1) is 0 Å². The molecule has 4 heteroatoms. The van der Waals surface area contributed by atoms with Crippen molar-refractivity contribution in [1.82, 2.24) is 5.32 Å². The third-order valence-electron chi connectivity index (χ3n) is 3.34. The van der Waals surface area contributed by atoms with Gasteiger partial charge in [-0.2, -0.15) is 0 Å². The smallest absolute Gasteiger partial charge is 0.251 e. The molecule has 1 aromatic carbocycles. The number of carbonyl (C=O) groups is 2. The van der Waals surface area contributed by atoms with E-state index >= 15 is 0 Å². The molecule has 1 aliphatic heterocycles. The van der Waals surface area contributed by atoms with Crippen molar-refractivity contribution in [3.8, 4) is 0 Å². The lowest BCUT2D eigenvalue weighted by atomic mass is 10.1. The molecule has 1 aliphatic rings. The van der Waals surface area contributed by atoms with E-state index in [0.29, 0.717) is 25.1 Å². The van der Waals surface area contributed by atoms with E-state index in [9.17, 15) is 9.59 Å². The first-order chi connectivity index (χ1) is 9.65. The highest BCUT2D eigenvalue weighted by Gasteiger charge is 2.28. The van der Waals surface area contributed by atoms with Crippen LogP contribution in [0.2, 0.25) is 0 Å². The largest absolute Gasteiger partial charge is 0.349 e. The summed E-state index contributed by atoms with van der Waals surface area (Å²) in [7, 11) is 0. The number of nitrogens with one attached hydrogen (secondary N) is 1. The molecule has 1 aromatic rings. The summed E-state index contributed by atoms with van der Waals surface area (Å²) in [5.74, 6) is 0.157. The summed E-state index contributed by atoms with van der Waals surface area (Å²) in [6.45, 7) is 8.37. The van der Waals surface area contributed by atoms with Gasteiger partial charge in [0.15, 0.2) is 0 Å². The molecule has 1 N–H and O–H groups in total. The summed E-state index contributed by atoms with van der Waals surface area (Å²) >= 11 is 0. The maximum atomic E-state index is 11.9. The quantitative estimate of drug-likeness (QED) is 0.833. The van der Waals surface area contributed by atoms with E-state index in [1.54, 1.807) is 35.2 Å². The summed E-state index contributed by atoms with van der Waals surface area (Å²) in [6.07, 6.45) is 3.95. The molecule has 104 valence electrons. The zero-order chi connectivity index (χ0) is 14.5. The SMILES string of the molecule is C=CCNC(=O)c1ccc(N2CC(C=C)CC2=O)cc1. The van der Waals surface area contributed by atoms with Crippen LogP contribution in [0.15, 0.2) is 49.6 Å². The maximum Gasteiger partial charge on any atom is 0.251 e. The lowest BCUT2D eigenvalue weighted by Crippen LogP contribution is -2.25. The Morgan fingerprint density at radius 3 is 2.60 bits per heavy atom. The van der Waals surface area contributed by atoms with Gasteiger partial charge in [-0.3, -0.25) is 9.59 Å². The van der Waals surface area contributed by atoms with Crippen molar-refractivity contribution >= 4 is 17.5 Å². The van der Waals surface area contributed by atoms with Crippen LogP contribution in [-0.2, 0) is 4.79 Å². The lowest BCUT2D eigenvalue weighted by Gasteiger charge is -2.16. The Labute approximate surface area is 118 Å². The summed E-state index contributed by atoms with van der Waals surface area (Å²) in [4.78, 5) is 25.4. The zero-order valence-electron chi connectivity index (χ0n) is 11.3. The van der Waals surface area contributed by atoms with Gasteiger partial charge in [-0.25, -0.2) is 0 Å². The molecular weight excluding hydrogens is 252 g/mol. The van der Waals surface area contributed by atoms with Crippen LogP contribution in [0.1, 0.15) is 16.8 Å². The molecule has 1 atom stereocenters. The second-order valence-corrected chi connectivity index (χ2v) is 4.75. The van der Waals surface area contributed by atoms with Crippen LogP contribution in [0.25, 0.3) is 0 Å². The Bertz CT molecular complexity index is 534. The number of amides is 2. The number of benzene rings is 1. The molecular formula is C16H18N2O2. The fraction of sp³-hybridized carbons (Fsp3) is 0.250. The van der Waals surface area contributed by atoms with Crippen LogP contribution < -0.4 is 10.2 Å². The van der Waals surface area contributed by atoms with E-state index in [0.717, 1.165) is 5.69 Å². The molecule has 0 spiro atoms. The molecule has 4 nitrogen and oxygen atoms in total. The number of hydrogen-bond donors (Lipinski definition) is 1. The van der Waals surface area contributed by atoms with E-state index in [1.165, 1.54) is 0 Å². The number of rotatable bonds is 5. The van der Waals surface area contributed by atoms with E-state index in [1.807, 2.05) is 6.08 Å². The number of hydrogen-bond acceptors (Lipinski definition) is 2. The lowest BCUT2D eigenvalue weighted by molar-refractivity contribution is -0.117. The monoisotopic (exact) mass is 270 g/mol. The number of anilines is 1. The molecule has 2 rings (SSSR count). The first-order valence-electron chi connectivity index (χ1n) is 6.57. The van der Waals surface area contributed by atoms with Crippen molar-refractivity contribution in [3.05, 3.63) is 55.1 Å². The normalized spacial score (nSPS) is 17.9. The predicted octanol–water partition coefficient (Wildman–Crippen LogP) is 2.14. The standard InChI is InChI=1S/C16H18N2O2/c1-3-9-17-16(20)13-5-7-14(8-6-13)18-11-12(4-2)10-15(18)19/h3-8,12H,1-2,9-11H2,(H,17,20). The van der Waals surface area contributed by atoms with Crippen molar-refractivity contribution in [2.24, 2.45) is 5.92 Å². The molecule has 1 heterocycles. The highest BCUT2D eigenvalue weighted by molar-refractivity contribution is 5.98. The minimum absolute atomic E-state index is 0.0961. The molecule has 20 heavy (non-hydrogen) atoms. The highest BCUT2D eigenvalue weighted by Crippen LogP contribution is 2.25. The van der Waals surface area contributed by atoms with Gasteiger partial charge in [0.25, 0.3) is 5.91 Å². The van der Waals surface area contributed by atoms with Gasteiger partial charge in [-0.1, -0.05) is 12.2 Å². The van der Waals surface area contributed by atoms with Crippen LogP contribution in [0.4, 0.5) is 5.69 Å². The number of nitrogens with zero attached hydrogens (tertiary/aromatic N) is 1. The van der Waals surface area contributed by atoms with Crippen LogP contribution in [0.5, 0.6) is 0 Å². The molecule has 2 amide bonds. The molecule has 0 aliphatic carbocycles. The summed E-state index contributed by atoms with van der Waals surface area (Å²) in [6, 6.07) is 7.04. The maximum absolute atomic E-state index is 11.9. The third kappa shape index (κ3) is 2.96. The van der Waals surface area contributed by atoms with Gasteiger partial charge in [0, 0.05) is 36.7 Å². The molecule has 0 saturated carbocycles. The van der Waals surface area contributed by atoms with Gasteiger partial charge in [-0.15, -0.1) is 13.2 Å². The first-order valence-corrected chi connectivity index (χ1v) is 6.57. The van der Waals surface area contributed by atoms with Gasteiger partial charge < -0.3 is 10.2 Å². The Balaban J connectivity index is 2.08. The Kier molecular flexibility index (Phi) is 4.35. The van der Waals surface area contributed by atoms with Gasteiger partial charge in [0.2, 0.25) is 5.91 Å². The van der Waals surface area contributed by atoms with Gasteiger partial charge >= 0.3 is 0 Å². The van der Waals surface area contributed by atoms with E-state index in [4.69, 9.17) is 0 Å².